The Morgan fingerprint density at radius 3 is 2.88 bits per heavy atom. The number of aromatic nitrogens is 1. The average Bonchev–Trinajstić information content (AvgIpc) is 2.16. The van der Waals surface area contributed by atoms with Gasteiger partial charge in [0, 0.05) is 12.4 Å². The molecule has 0 aliphatic heterocycles. The lowest BCUT2D eigenvalue weighted by atomic mass is 10.2. The average molecular weight is 219 g/mol. The first-order valence-electron chi connectivity index (χ1n) is 5.25. The SMILES string of the molecule is Cc1ccnc(NC(=O)N/C=C/C(C)C)c1. The first-order chi connectivity index (χ1) is 7.58. The number of nitrogens with zero attached hydrogens (tertiary/aromatic N) is 1. The van der Waals surface area contributed by atoms with Crippen molar-refractivity contribution in [2.24, 2.45) is 5.92 Å². The van der Waals surface area contributed by atoms with Crippen molar-refractivity contribution in [3.05, 3.63) is 36.2 Å². The fraction of sp³-hybridized carbons (Fsp3) is 0.333. The van der Waals surface area contributed by atoms with Crippen LogP contribution in [0.3, 0.4) is 0 Å². The molecule has 0 bridgehead atoms. The van der Waals surface area contributed by atoms with Gasteiger partial charge in [0.1, 0.15) is 5.82 Å². The molecule has 0 unspecified atom stereocenters. The van der Waals surface area contributed by atoms with E-state index in [1.807, 2.05) is 39.0 Å². The summed E-state index contributed by atoms with van der Waals surface area (Å²) in [7, 11) is 0. The number of anilines is 1. The molecule has 0 spiro atoms. The number of nitrogens with one attached hydrogen (secondary N) is 2. The zero-order valence-electron chi connectivity index (χ0n) is 9.82. The van der Waals surface area contributed by atoms with Crippen LogP contribution in [0.5, 0.6) is 0 Å². The normalized spacial score (nSPS) is 10.8. The van der Waals surface area contributed by atoms with Crippen molar-refractivity contribution >= 4 is 11.8 Å². The van der Waals surface area contributed by atoms with Gasteiger partial charge in [-0.05, 0) is 30.5 Å². The molecule has 0 fully saturated rings. The Bertz CT molecular complexity index is 386. The number of hydrogen-bond donors (Lipinski definition) is 2. The molecule has 16 heavy (non-hydrogen) atoms. The lowest BCUT2D eigenvalue weighted by molar-refractivity contribution is 0.255. The number of hydrogen-bond acceptors (Lipinski definition) is 2. The van der Waals surface area contributed by atoms with Gasteiger partial charge in [-0.15, -0.1) is 0 Å². The molecule has 2 amide bonds. The molecule has 0 radical (unpaired) electrons. The highest BCUT2D eigenvalue weighted by Gasteiger charge is 1.99. The second-order valence-electron chi connectivity index (χ2n) is 3.92. The van der Waals surface area contributed by atoms with E-state index in [-0.39, 0.29) is 6.03 Å². The van der Waals surface area contributed by atoms with Gasteiger partial charge in [-0.2, -0.15) is 0 Å². The maximum atomic E-state index is 11.4. The number of pyridine rings is 1. The third kappa shape index (κ3) is 4.59. The summed E-state index contributed by atoms with van der Waals surface area (Å²) in [4.78, 5) is 15.4. The third-order valence-corrected chi connectivity index (χ3v) is 1.85. The van der Waals surface area contributed by atoms with Crippen molar-refractivity contribution in [1.29, 1.82) is 0 Å². The van der Waals surface area contributed by atoms with Crippen molar-refractivity contribution < 1.29 is 4.79 Å². The van der Waals surface area contributed by atoms with Crippen molar-refractivity contribution in [2.75, 3.05) is 5.32 Å². The van der Waals surface area contributed by atoms with E-state index in [1.165, 1.54) is 0 Å². The van der Waals surface area contributed by atoms with E-state index >= 15 is 0 Å². The van der Waals surface area contributed by atoms with Crippen LogP contribution in [-0.4, -0.2) is 11.0 Å². The van der Waals surface area contributed by atoms with Gasteiger partial charge in [0.05, 0.1) is 0 Å². The molecule has 1 aromatic rings. The van der Waals surface area contributed by atoms with Crippen LogP contribution in [0.1, 0.15) is 19.4 Å². The van der Waals surface area contributed by atoms with E-state index in [1.54, 1.807) is 12.4 Å². The van der Waals surface area contributed by atoms with E-state index in [2.05, 4.69) is 15.6 Å². The monoisotopic (exact) mass is 219 g/mol. The van der Waals surface area contributed by atoms with E-state index in [0.29, 0.717) is 11.7 Å². The summed E-state index contributed by atoms with van der Waals surface area (Å²) in [5.74, 6) is 0.966. The lowest BCUT2D eigenvalue weighted by Crippen LogP contribution is -2.24. The highest BCUT2D eigenvalue weighted by atomic mass is 16.2. The molecule has 0 saturated heterocycles. The minimum Gasteiger partial charge on any atom is -0.315 e. The van der Waals surface area contributed by atoms with Crippen LogP contribution in [-0.2, 0) is 0 Å². The second kappa shape index (κ2) is 5.90. The number of urea groups is 1. The van der Waals surface area contributed by atoms with Crippen molar-refractivity contribution in [2.45, 2.75) is 20.8 Å². The number of rotatable bonds is 3. The summed E-state index contributed by atoms with van der Waals surface area (Å²) in [5.41, 5.74) is 1.06. The Morgan fingerprint density at radius 2 is 2.25 bits per heavy atom. The number of aryl methyl sites for hydroxylation is 1. The fourth-order valence-electron chi connectivity index (χ4n) is 1.07. The quantitative estimate of drug-likeness (QED) is 0.821. The van der Waals surface area contributed by atoms with Crippen LogP contribution in [0.15, 0.2) is 30.6 Å². The zero-order chi connectivity index (χ0) is 12.0. The summed E-state index contributed by atoms with van der Waals surface area (Å²) in [5, 5.41) is 5.26. The summed E-state index contributed by atoms with van der Waals surface area (Å²) in [6, 6.07) is 3.41. The molecular weight excluding hydrogens is 202 g/mol. The van der Waals surface area contributed by atoms with E-state index in [4.69, 9.17) is 0 Å². The Labute approximate surface area is 95.8 Å². The van der Waals surface area contributed by atoms with Gasteiger partial charge in [-0.1, -0.05) is 19.9 Å². The Hall–Kier alpha value is -1.84. The molecule has 0 aliphatic rings. The Morgan fingerprint density at radius 1 is 1.50 bits per heavy atom. The van der Waals surface area contributed by atoms with Crippen LogP contribution in [0.2, 0.25) is 0 Å². The van der Waals surface area contributed by atoms with Crippen LogP contribution >= 0.6 is 0 Å². The molecule has 86 valence electrons. The standard InChI is InChI=1S/C12H17N3O/c1-9(2)4-6-14-12(16)15-11-8-10(3)5-7-13-11/h4-9H,1-3H3,(H2,13,14,15,16)/b6-4+. The van der Waals surface area contributed by atoms with Gasteiger partial charge in [-0.3, -0.25) is 5.32 Å². The second-order valence-corrected chi connectivity index (χ2v) is 3.92. The minimum atomic E-state index is -0.282. The van der Waals surface area contributed by atoms with Crippen LogP contribution < -0.4 is 10.6 Å². The summed E-state index contributed by atoms with van der Waals surface area (Å²) in [6.07, 6.45) is 5.20. The maximum absolute atomic E-state index is 11.4. The van der Waals surface area contributed by atoms with Crippen LogP contribution in [0, 0.1) is 12.8 Å². The first kappa shape index (κ1) is 12.2. The topological polar surface area (TPSA) is 54.0 Å². The van der Waals surface area contributed by atoms with Crippen molar-refractivity contribution in [3.8, 4) is 0 Å². The largest absolute Gasteiger partial charge is 0.324 e. The van der Waals surface area contributed by atoms with Gasteiger partial charge < -0.3 is 5.32 Å². The molecule has 1 heterocycles. The smallest absolute Gasteiger partial charge is 0.315 e. The summed E-state index contributed by atoms with van der Waals surface area (Å²) >= 11 is 0. The Balaban J connectivity index is 2.46. The van der Waals surface area contributed by atoms with Gasteiger partial charge in [-0.25, -0.2) is 9.78 Å². The Kier molecular flexibility index (Phi) is 4.51. The van der Waals surface area contributed by atoms with E-state index in [0.717, 1.165) is 5.56 Å². The molecule has 4 nitrogen and oxygen atoms in total. The molecule has 2 N–H and O–H groups in total. The van der Waals surface area contributed by atoms with Crippen LogP contribution in [0.4, 0.5) is 10.6 Å². The van der Waals surface area contributed by atoms with Crippen molar-refractivity contribution in [1.82, 2.24) is 10.3 Å². The maximum Gasteiger partial charge on any atom is 0.324 e. The lowest BCUT2D eigenvalue weighted by Gasteiger charge is -2.04. The molecule has 0 atom stereocenters. The summed E-state index contributed by atoms with van der Waals surface area (Å²) in [6.45, 7) is 6.03. The number of carbonyl (C=O) groups excluding carboxylic acids is 1. The number of amides is 2. The van der Waals surface area contributed by atoms with Crippen LogP contribution in [0.25, 0.3) is 0 Å². The van der Waals surface area contributed by atoms with Gasteiger partial charge in [0.2, 0.25) is 0 Å². The van der Waals surface area contributed by atoms with Gasteiger partial charge in [0.15, 0.2) is 0 Å². The zero-order valence-corrected chi connectivity index (χ0v) is 9.82. The number of carbonyl (C=O) groups is 1. The molecule has 0 saturated carbocycles. The minimum absolute atomic E-state index is 0.282. The molecule has 0 aromatic carbocycles. The van der Waals surface area contributed by atoms with E-state index < -0.39 is 0 Å². The van der Waals surface area contributed by atoms with Crippen molar-refractivity contribution in [3.63, 3.8) is 0 Å². The highest BCUT2D eigenvalue weighted by Crippen LogP contribution is 2.04. The number of allylic oxidation sites excluding steroid dienone is 1. The predicted octanol–water partition coefficient (Wildman–Crippen LogP) is 2.68. The van der Waals surface area contributed by atoms with Gasteiger partial charge >= 0.3 is 6.03 Å². The molecular formula is C12H17N3O. The van der Waals surface area contributed by atoms with E-state index in [9.17, 15) is 4.79 Å². The molecule has 4 heteroatoms. The fourth-order valence-corrected chi connectivity index (χ4v) is 1.07. The highest BCUT2D eigenvalue weighted by molar-refractivity contribution is 5.88. The summed E-state index contributed by atoms with van der Waals surface area (Å²) < 4.78 is 0. The predicted molar refractivity (Wildman–Crippen MR) is 65.1 cm³/mol. The third-order valence-electron chi connectivity index (χ3n) is 1.85. The van der Waals surface area contributed by atoms with Gasteiger partial charge in [0.25, 0.3) is 0 Å². The molecule has 1 rings (SSSR count). The first-order valence-corrected chi connectivity index (χ1v) is 5.25. The molecule has 0 aliphatic carbocycles. The molecule has 1 aromatic heterocycles.